The van der Waals surface area contributed by atoms with Crippen molar-refractivity contribution in [1.82, 2.24) is 4.90 Å². The number of benzene rings is 2. The van der Waals surface area contributed by atoms with Gasteiger partial charge in [-0.3, -0.25) is 0 Å². The van der Waals surface area contributed by atoms with Gasteiger partial charge in [0.2, 0.25) is 0 Å². The molecule has 6 heteroatoms. The summed E-state index contributed by atoms with van der Waals surface area (Å²) in [5, 5.41) is 1.67. The van der Waals surface area contributed by atoms with Crippen LogP contribution in [0.25, 0.3) is 6.08 Å². The van der Waals surface area contributed by atoms with E-state index in [9.17, 15) is 4.79 Å². The average Bonchev–Trinajstić information content (AvgIpc) is 2.66. The van der Waals surface area contributed by atoms with Crippen molar-refractivity contribution in [2.45, 2.75) is 18.8 Å². The zero-order valence-corrected chi connectivity index (χ0v) is 18.3. The SMILES string of the molecule is CN(C)CCCC(COC(=O)C=Cc1ccc(Cl)cc1)c1ccc(Cl)c(Cl)c1. The Kier molecular flexibility index (Phi) is 9.33. The lowest BCUT2D eigenvalue weighted by Gasteiger charge is -2.19. The molecule has 2 aromatic carbocycles. The van der Waals surface area contributed by atoms with Crippen LogP contribution in [0.2, 0.25) is 15.1 Å². The van der Waals surface area contributed by atoms with Gasteiger partial charge in [-0.1, -0.05) is 53.0 Å². The predicted molar refractivity (Wildman–Crippen MR) is 118 cm³/mol. The van der Waals surface area contributed by atoms with Crippen LogP contribution in [0.5, 0.6) is 0 Å². The van der Waals surface area contributed by atoms with E-state index in [2.05, 4.69) is 4.90 Å². The molecular weight excluding hydrogens is 417 g/mol. The summed E-state index contributed by atoms with van der Waals surface area (Å²) in [5.74, 6) is -0.324. The van der Waals surface area contributed by atoms with Crippen LogP contribution in [0, 0.1) is 0 Å². The lowest BCUT2D eigenvalue weighted by atomic mass is 9.95. The Labute approximate surface area is 181 Å². The molecule has 0 aliphatic heterocycles. The summed E-state index contributed by atoms with van der Waals surface area (Å²) < 4.78 is 5.49. The van der Waals surface area contributed by atoms with E-state index in [1.54, 1.807) is 24.3 Å². The molecule has 28 heavy (non-hydrogen) atoms. The molecule has 2 aromatic rings. The second-order valence-electron chi connectivity index (χ2n) is 6.83. The molecule has 0 aliphatic carbocycles. The molecule has 0 saturated carbocycles. The first kappa shape index (κ1) is 22.8. The fourth-order valence-corrected chi connectivity index (χ4v) is 3.17. The smallest absolute Gasteiger partial charge is 0.330 e. The largest absolute Gasteiger partial charge is 0.462 e. The first-order chi connectivity index (χ1) is 13.3. The van der Waals surface area contributed by atoms with Gasteiger partial charge in [0.15, 0.2) is 0 Å². The molecular formula is C22H24Cl3NO2. The van der Waals surface area contributed by atoms with E-state index in [1.807, 2.05) is 38.4 Å². The van der Waals surface area contributed by atoms with E-state index in [1.165, 1.54) is 6.08 Å². The topological polar surface area (TPSA) is 29.5 Å². The molecule has 0 aromatic heterocycles. The summed E-state index contributed by atoms with van der Waals surface area (Å²) in [7, 11) is 4.07. The number of carbonyl (C=O) groups is 1. The molecule has 2 rings (SSSR count). The number of hydrogen-bond acceptors (Lipinski definition) is 3. The van der Waals surface area contributed by atoms with Crippen LogP contribution in [-0.2, 0) is 9.53 Å². The van der Waals surface area contributed by atoms with Crippen molar-refractivity contribution in [1.29, 1.82) is 0 Å². The van der Waals surface area contributed by atoms with Gasteiger partial charge in [-0.25, -0.2) is 4.79 Å². The van der Waals surface area contributed by atoms with E-state index in [4.69, 9.17) is 39.5 Å². The maximum absolute atomic E-state index is 12.1. The first-order valence-electron chi connectivity index (χ1n) is 9.05. The number of rotatable bonds is 9. The van der Waals surface area contributed by atoms with Crippen molar-refractivity contribution in [2.24, 2.45) is 0 Å². The Morgan fingerprint density at radius 3 is 2.43 bits per heavy atom. The second kappa shape index (κ2) is 11.5. The Balaban J connectivity index is 1.99. The number of esters is 1. The summed E-state index contributed by atoms with van der Waals surface area (Å²) in [4.78, 5) is 14.3. The van der Waals surface area contributed by atoms with Gasteiger partial charge >= 0.3 is 5.97 Å². The van der Waals surface area contributed by atoms with Gasteiger partial charge in [0.05, 0.1) is 16.7 Å². The Morgan fingerprint density at radius 2 is 1.79 bits per heavy atom. The monoisotopic (exact) mass is 439 g/mol. The van der Waals surface area contributed by atoms with Crippen LogP contribution in [0.3, 0.4) is 0 Å². The van der Waals surface area contributed by atoms with Gasteiger partial charge in [-0.2, -0.15) is 0 Å². The van der Waals surface area contributed by atoms with Crippen LogP contribution in [0.15, 0.2) is 48.5 Å². The fraction of sp³-hybridized carbons (Fsp3) is 0.318. The minimum atomic E-state index is -0.382. The van der Waals surface area contributed by atoms with Crippen molar-refractivity contribution < 1.29 is 9.53 Å². The van der Waals surface area contributed by atoms with E-state index < -0.39 is 0 Å². The third kappa shape index (κ3) is 7.84. The van der Waals surface area contributed by atoms with Crippen molar-refractivity contribution in [3.63, 3.8) is 0 Å². The van der Waals surface area contributed by atoms with Crippen molar-refractivity contribution in [2.75, 3.05) is 27.2 Å². The van der Waals surface area contributed by atoms with Crippen LogP contribution in [0.1, 0.15) is 29.9 Å². The lowest BCUT2D eigenvalue weighted by molar-refractivity contribution is -0.138. The molecule has 3 nitrogen and oxygen atoms in total. The minimum absolute atomic E-state index is 0.0580. The van der Waals surface area contributed by atoms with Crippen LogP contribution in [0.4, 0.5) is 0 Å². The van der Waals surface area contributed by atoms with E-state index in [-0.39, 0.29) is 18.5 Å². The molecule has 1 atom stereocenters. The molecule has 0 aliphatic rings. The summed E-state index contributed by atoms with van der Waals surface area (Å²) in [6, 6.07) is 12.8. The fourth-order valence-electron chi connectivity index (χ4n) is 2.74. The summed E-state index contributed by atoms with van der Waals surface area (Å²) >= 11 is 18.1. The lowest BCUT2D eigenvalue weighted by Crippen LogP contribution is -2.16. The molecule has 0 heterocycles. The summed E-state index contributed by atoms with van der Waals surface area (Å²) in [6.45, 7) is 1.25. The Hall–Kier alpha value is -1.52. The zero-order valence-electron chi connectivity index (χ0n) is 16.0. The van der Waals surface area contributed by atoms with Gasteiger partial charge < -0.3 is 9.64 Å². The zero-order chi connectivity index (χ0) is 20.5. The van der Waals surface area contributed by atoms with Crippen molar-refractivity contribution in [3.8, 4) is 0 Å². The highest BCUT2D eigenvalue weighted by Crippen LogP contribution is 2.29. The first-order valence-corrected chi connectivity index (χ1v) is 10.2. The van der Waals surface area contributed by atoms with Crippen molar-refractivity contribution in [3.05, 3.63) is 74.7 Å². The number of nitrogens with zero attached hydrogens (tertiary/aromatic N) is 1. The molecule has 0 fully saturated rings. The molecule has 0 amide bonds. The van der Waals surface area contributed by atoms with E-state index in [0.717, 1.165) is 30.5 Å². The number of carbonyl (C=O) groups excluding carboxylic acids is 1. The molecule has 150 valence electrons. The van der Waals surface area contributed by atoms with Crippen LogP contribution >= 0.6 is 34.8 Å². The van der Waals surface area contributed by atoms with Gasteiger partial charge in [0.25, 0.3) is 0 Å². The molecule has 1 unspecified atom stereocenters. The molecule has 0 N–H and O–H groups in total. The van der Waals surface area contributed by atoms with Crippen molar-refractivity contribution >= 4 is 46.8 Å². The molecule has 0 radical (unpaired) electrons. The predicted octanol–water partition coefficient (Wildman–Crippen LogP) is 6.33. The highest BCUT2D eigenvalue weighted by Gasteiger charge is 2.15. The number of halogens is 3. The molecule has 0 spiro atoms. The number of hydrogen-bond donors (Lipinski definition) is 0. The third-order valence-corrected chi connectivity index (χ3v) is 5.27. The van der Waals surface area contributed by atoms with E-state index in [0.29, 0.717) is 15.1 Å². The average molecular weight is 441 g/mol. The van der Waals surface area contributed by atoms with Gasteiger partial charge in [-0.15, -0.1) is 0 Å². The standard InChI is InChI=1S/C22H24Cl3NO2/c1-26(2)13-3-4-18(17-8-11-20(24)21(25)14-17)15-28-22(27)12-7-16-5-9-19(23)10-6-16/h5-12,14,18H,3-4,13,15H2,1-2H3. The van der Waals surface area contributed by atoms with Gasteiger partial charge in [0, 0.05) is 17.0 Å². The highest BCUT2D eigenvalue weighted by molar-refractivity contribution is 6.42. The quantitative estimate of drug-likeness (QED) is 0.337. The molecule has 0 saturated heterocycles. The second-order valence-corrected chi connectivity index (χ2v) is 8.08. The van der Waals surface area contributed by atoms with Crippen LogP contribution in [-0.4, -0.2) is 38.1 Å². The number of ether oxygens (including phenoxy) is 1. The third-order valence-electron chi connectivity index (χ3n) is 4.28. The Morgan fingerprint density at radius 1 is 1.07 bits per heavy atom. The van der Waals surface area contributed by atoms with Crippen LogP contribution < -0.4 is 0 Å². The maximum atomic E-state index is 12.1. The highest BCUT2D eigenvalue weighted by atomic mass is 35.5. The Bertz CT molecular complexity index is 804. The minimum Gasteiger partial charge on any atom is -0.462 e. The molecule has 0 bridgehead atoms. The van der Waals surface area contributed by atoms with E-state index >= 15 is 0 Å². The summed E-state index contributed by atoms with van der Waals surface area (Å²) in [5.41, 5.74) is 1.90. The van der Waals surface area contributed by atoms with Gasteiger partial charge in [0.1, 0.15) is 0 Å². The normalized spacial score (nSPS) is 12.5. The maximum Gasteiger partial charge on any atom is 0.330 e. The van der Waals surface area contributed by atoms with Gasteiger partial charge in [-0.05, 0) is 75.0 Å². The summed E-state index contributed by atoms with van der Waals surface area (Å²) in [6.07, 6.45) is 4.99.